The smallest absolute Gasteiger partial charge is 0.159 e. The summed E-state index contributed by atoms with van der Waals surface area (Å²) in [5.74, 6) is -0.458. The molecule has 1 unspecified atom stereocenters. The number of anilines is 1. The number of Topliss-reactive ketones (excluding diaryl/α,β-unsaturated/α-hetero) is 1. The number of likely N-dealkylation sites (N-methyl/N-ethyl adjacent to an activating group) is 1. The van der Waals surface area contributed by atoms with Crippen LogP contribution in [-0.4, -0.2) is 31.6 Å². The molecule has 0 aromatic heterocycles. The second kappa shape index (κ2) is 6.15. The quantitative estimate of drug-likeness (QED) is 0.766. The minimum atomic E-state index is -0.340. The molecule has 1 aromatic carbocycles. The SMILES string of the molecule is CCN(CC1CCCO1)c1ccc(C(C)=O)cc1F. The monoisotopic (exact) mass is 265 g/mol. The number of carbonyl (C=O) groups excluding carboxylic acids is 1. The fourth-order valence-corrected chi connectivity index (χ4v) is 2.41. The van der Waals surface area contributed by atoms with E-state index < -0.39 is 0 Å². The summed E-state index contributed by atoms with van der Waals surface area (Å²) in [4.78, 5) is 13.2. The number of carbonyl (C=O) groups is 1. The number of nitrogens with zero attached hydrogens (tertiary/aromatic N) is 1. The summed E-state index contributed by atoms with van der Waals surface area (Å²) in [6.45, 7) is 5.66. The molecule has 104 valence electrons. The van der Waals surface area contributed by atoms with E-state index in [1.54, 1.807) is 12.1 Å². The number of ketones is 1. The van der Waals surface area contributed by atoms with Crippen molar-refractivity contribution >= 4 is 11.5 Å². The molecule has 0 saturated carbocycles. The first-order valence-corrected chi connectivity index (χ1v) is 6.79. The summed E-state index contributed by atoms with van der Waals surface area (Å²) in [6.07, 6.45) is 2.30. The molecule has 0 N–H and O–H groups in total. The minimum Gasteiger partial charge on any atom is -0.376 e. The molecule has 3 nitrogen and oxygen atoms in total. The molecule has 4 heteroatoms. The molecule has 1 heterocycles. The maximum absolute atomic E-state index is 14.1. The van der Waals surface area contributed by atoms with Gasteiger partial charge in [0.2, 0.25) is 0 Å². The van der Waals surface area contributed by atoms with Crippen molar-refractivity contribution in [3.8, 4) is 0 Å². The highest BCUT2D eigenvalue weighted by Crippen LogP contribution is 2.23. The molecule has 0 amide bonds. The minimum absolute atomic E-state index is 0.118. The molecule has 0 radical (unpaired) electrons. The molecule has 0 bridgehead atoms. The highest BCUT2D eigenvalue weighted by atomic mass is 19.1. The van der Waals surface area contributed by atoms with Gasteiger partial charge < -0.3 is 9.64 Å². The molecular formula is C15H20FNO2. The molecule has 1 aliphatic heterocycles. The second-order valence-corrected chi connectivity index (χ2v) is 4.90. The standard InChI is InChI=1S/C15H20FNO2/c1-3-17(10-13-5-4-8-19-13)15-7-6-12(11(2)18)9-14(15)16/h6-7,9,13H,3-5,8,10H2,1-2H3. The lowest BCUT2D eigenvalue weighted by Gasteiger charge is -2.26. The Morgan fingerprint density at radius 1 is 1.53 bits per heavy atom. The van der Waals surface area contributed by atoms with Crippen molar-refractivity contribution in [3.63, 3.8) is 0 Å². The van der Waals surface area contributed by atoms with Crippen molar-refractivity contribution in [3.05, 3.63) is 29.6 Å². The van der Waals surface area contributed by atoms with Crippen LogP contribution in [0.4, 0.5) is 10.1 Å². The Morgan fingerprint density at radius 2 is 2.32 bits per heavy atom. The zero-order valence-corrected chi connectivity index (χ0v) is 11.5. The van der Waals surface area contributed by atoms with Crippen LogP contribution >= 0.6 is 0 Å². The van der Waals surface area contributed by atoms with E-state index in [1.807, 2.05) is 11.8 Å². The molecule has 1 fully saturated rings. The number of rotatable bonds is 5. The first-order valence-electron chi connectivity index (χ1n) is 6.79. The summed E-state index contributed by atoms with van der Waals surface area (Å²) in [5, 5.41) is 0. The van der Waals surface area contributed by atoms with E-state index in [4.69, 9.17) is 4.74 Å². The zero-order valence-electron chi connectivity index (χ0n) is 11.5. The maximum atomic E-state index is 14.1. The highest BCUT2D eigenvalue weighted by Gasteiger charge is 2.20. The third-order valence-corrected chi connectivity index (χ3v) is 3.52. The number of hydrogen-bond acceptors (Lipinski definition) is 3. The van der Waals surface area contributed by atoms with Crippen molar-refractivity contribution < 1.29 is 13.9 Å². The summed E-state index contributed by atoms with van der Waals surface area (Å²) in [7, 11) is 0. The largest absolute Gasteiger partial charge is 0.376 e. The van der Waals surface area contributed by atoms with Gasteiger partial charge in [-0.1, -0.05) is 0 Å². The van der Waals surface area contributed by atoms with E-state index in [1.165, 1.54) is 13.0 Å². The van der Waals surface area contributed by atoms with E-state index in [2.05, 4.69) is 0 Å². The van der Waals surface area contributed by atoms with Crippen molar-refractivity contribution in [2.45, 2.75) is 32.8 Å². The third kappa shape index (κ3) is 3.32. The lowest BCUT2D eigenvalue weighted by atomic mass is 10.1. The van der Waals surface area contributed by atoms with Crippen molar-refractivity contribution in [2.75, 3.05) is 24.6 Å². The summed E-state index contributed by atoms with van der Waals surface area (Å²) >= 11 is 0. The van der Waals surface area contributed by atoms with Crippen LogP contribution < -0.4 is 4.90 Å². The first-order chi connectivity index (χ1) is 9.11. The Kier molecular flexibility index (Phi) is 4.53. The lowest BCUT2D eigenvalue weighted by molar-refractivity contribution is 0.101. The molecule has 2 rings (SSSR count). The summed E-state index contributed by atoms with van der Waals surface area (Å²) in [5.41, 5.74) is 0.956. The fraction of sp³-hybridized carbons (Fsp3) is 0.533. The van der Waals surface area contributed by atoms with Crippen LogP contribution in [0.25, 0.3) is 0 Å². The normalized spacial score (nSPS) is 18.6. The topological polar surface area (TPSA) is 29.5 Å². The van der Waals surface area contributed by atoms with Crippen LogP contribution in [0.15, 0.2) is 18.2 Å². The lowest BCUT2D eigenvalue weighted by Crippen LogP contribution is -2.32. The first kappa shape index (κ1) is 14.0. The number of hydrogen-bond donors (Lipinski definition) is 0. The number of ether oxygens (including phenoxy) is 1. The fourth-order valence-electron chi connectivity index (χ4n) is 2.41. The van der Waals surface area contributed by atoms with Crippen LogP contribution in [-0.2, 0) is 4.74 Å². The Labute approximate surface area is 113 Å². The number of benzene rings is 1. The molecule has 1 aliphatic rings. The Bertz CT molecular complexity index is 455. The Balaban J connectivity index is 2.15. The van der Waals surface area contributed by atoms with Crippen molar-refractivity contribution in [1.29, 1.82) is 0 Å². The third-order valence-electron chi connectivity index (χ3n) is 3.52. The van der Waals surface area contributed by atoms with Crippen LogP contribution in [0.1, 0.15) is 37.0 Å². The summed E-state index contributed by atoms with van der Waals surface area (Å²) < 4.78 is 19.7. The molecule has 19 heavy (non-hydrogen) atoms. The van der Waals surface area contributed by atoms with Gasteiger partial charge in [-0.2, -0.15) is 0 Å². The van der Waals surface area contributed by atoms with Gasteiger partial charge in [-0.25, -0.2) is 4.39 Å². The van der Waals surface area contributed by atoms with Crippen LogP contribution in [0, 0.1) is 5.82 Å². The van der Waals surface area contributed by atoms with E-state index in [0.29, 0.717) is 17.8 Å². The highest BCUT2D eigenvalue weighted by molar-refractivity contribution is 5.94. The van der Waals surface area contributed by atoms with Gasteiger partial charge >= 0.3 is 0 Å². The second-order valence-electron chi connectivity index (χ2n) is 4.90. The van der Waals surface area contributed by atoms with Gasteiger partial charge in [0.1, 0.15) is 5.82 Å². The van der Waals surface area contributed by atoms with Crippen molar-refractivity contribution in [1.82, 2.24) is 0 Å². The van der Waals surface area contributed by atoms with Gasteiger partial charge in [0.05, 0.1) is 11.8 Å². The van der Waals surface area contributed by atoms with Gasteiger partial charge in [0.25, 0.3) is 0 Å². The van der Waals surface area contributed by atoms with Crippen LogP contribution in [0.5, 0.6) is 0 Å². The van der Waals surface area contributed by atoms with E-state index in [-0.39, 0.29) is 17.7 Å². The van der Waals surface area contributed by atoms with Gasteiger partial charge in [0.15, 0.2) is 5.78 Å². The molecule has 0 spiro atoms. The molecule has 0 aliphatic carbocycles. The van der Waals surface area contributed by atoms with Gasteiger partial charge in [-0.05, 0) is 44.9 Å². The molecule has 1 saturated heterocycles. The van der Waals surface area contributed by atoms with E-state index >= 15 is 0 Å². The van der Waals surface area contributed by atoms with Crippen molar-refractivity contribution in [2.24, 2.45) is 0 Å². The molecule has 1 aromatic rings. The predicted molar refractivity (Wildman–Crippen MR) is 73.3 cm³/mol. The van der Waals surface area contributed by atoms with E-state index in [0.717, 1.165) is 26.0 Å². The number of halogens is 1. The average Bonchev–Trinajstić information content (AvgIpc) is 2.89. The predicted octanol–water partition coefficient (Wildman–Crippen LogP) is 3.03. The maximum Gasteiger partial charge on any atom is 0.159 e. The zero-order chi connectivity index (χ0) is 13.8. The van der Waals surface area contributed by atoms with Gasteiger partial charge in [-0.15, -0.1) is 0 Å². The molecule has 1 atom stereocenters. The van der Waals surface area contributed by atoms with Gasteiger partial charge in [-0.3, -0.25) is 4.79 Å². The molecular weight excluding hydrogens is 245 g/mol. The average molecular weight is 265 g/mol. The van der Waals surface area contributed by atoms with E-state index in [9.17, 15) is 9.18 Å². The van der Waals surface area contributed by atoms with Crippen LogP contribution in [0.3, 0.4) is 0 Å². The van der Waals surface area contributed by atoms with Gasteiger partial charge in [0, 0.05) is 25.3 Å². The Hall–Kier alpha value is -1.42. The summed E-state index contributed by atoms with van der Waals surface area (Å²) in [6, 6.07) is 4.68. The van der Waals surface area contributed by atoms with Crippen LogP contribution in [0.2, 0.25) is 0 Å². The Morgan fingerprint density at radius 3 is 2.84 bits per heavy atom.